The lowest BCUT2D eigenvalue weighted by atomic mass is 9.96. The maximum absolute atomic E-state index is 11.8. The van der Waals surface area contributed by atoms with Crippen molar-refractivity contribution < 1.29 is 4.79 Å². The number of piperidine rings is 1. The second-order valence-corrected chi connectivity index (χ2v) is 8.98. The molecule has 3 aromatic rings. The SMILES string of the molecule is CCC(=O)c1ccc(-c2ccc(N3CCC(Cn4cc(C(C)C)cn4)CC3)cc2)cc1. The van der Waals surface area contributed by atoms with E-state index in [1.807, 2.05) is 37.4 Å². The Balaban J connectivity index is 1.33. The molecule has 0 unspecified atom stereocenters. The molecule has 162 valence electrons. The van der Waals surface area contributed by atoms with Crippen molar-refractivity contribution in [2.75, 3.05) is 18.0 Å². The second kappa shape index (κ2) is 9.51. The van der Waals surface area contributed by atoms with Gasteiger partial charge in [-0.2, -0.15) is 5.10 Å². The van der Waals surface area contributed by atoms with Crippen molar-refractivity contribution >= 4 is 11.5 Å². The molecular weight excluding hydrogens is 382 g/mol. The maximum atomic E-state index is 11.8. The number of nitrogens with zero attached hydrogens (tertiary/aromatic N) is 3. The number of Topliss-reactive ketones (excluding diaryl/α,β-unsaturated/α-hetero) is 1. The highest BCUT2D eigenvalue weighted by atomic mass is 16.1. The minimum absolute atomic E-state index is 0.193. The van der Waals surface area contributed by atoms with Crippen LogP contribution in [0.25, 0.3) is 11.1 Å². The fourth-order valence-electron chi connectivity index (χ4n) is 4.33. The van der Waals surface area contributed by atoms with Crippen LogP contribution >= 0.6 is 0 Å². The Morgan fingerprint density at radius 3 is 2.16 bits per heavy atom. The van der Waals surface area contributed by atoms with Gasteiger partial charge in [0.1, 0.15) is 0 Å². The minimum atomic E-state index is 0.193. The van der Waals surface area contributed by atoms with E-state index in [1.165, 1.54) is 29.7 Å². The van der Waals surface area contributed by atoms with E-state index in [2.05, 4.69) is 59.0 Å². The lowest BCUT2D eigenvalue weighted by molar-refractivity contribution is 0.0988. The lowest BCUT2D eigenvalue weighted by Gasteiger charge is -2.33. The van der Waals surface area contributed by atoms with Crippen molar-refractivity contribution in [2.45, 2.75) is 52.5 Å². The summed E-state index contributed by atoms with van der Waals surface area (Å²) in [6.07, 6.45) is 7.17. The number of hydrogen-bond donors (Lipinski definition) is 0. The van der Waals surface area contributed by atoms with E-state index < -0.39 is 0 Å². The first-order chi connectivity index (χ1) is 15.0. The summed E-state index contributed by atoms with van der Waals surface area (Å²) >= 11 is 0. The third-order valence-electron chi connectivity index (χ3n) is 6.47. The minimum Gasteiger partial charge on any atom is -0.372 e. The largest absolute Gasteiger partial charge is 0.372 e. The predicted molar refractivity (Wildman–Crippen MR) is 128 cm³/mol. The molecule has 1 saturated heterocycles. The Morgan fingerprint density at radius 2 is 1.61 bits per heavy atom. The topological polar surface area (TPSA) is 38.1 Å². The van der Waals surface area contributed by atoms with Crippen LogP contribution in [0.1, 0.15) is 61.9 Å². The number of benzene rings is 2. The predicted octanol–water partition coefficient (Wildman–Crippen LogP) is 6.18. The third kappa shape index (κ3) is 5.07. The number of rotatable bonds is 7. The molecule has 2 heterocycles. The van der Waals surface area contributed by atoms with E-state index in [-0.39, 0.29) is 5.78 Å². The first-order valence-corrected chi connectivity index (χ1v) is 11.5. The van der Waals surface area contributed by atoms with Crippen LogP contribution in [0.5, 0.6) is 0 Å². The zero-order chi connectivity index (χ0) is 21.8. The van der Waals surface area contributed by atoms with E-state index in [9.17, 15) is 4.79 Å². The Bertz CT molecular complexity index is 994. The quantitative estimate of drug-likeness (QED) is 0.432. The molecule has 0 spiro atoms. The van der Waals surface area contributed by atoms with E-state index >= 15 is 0 Å². The first-order valence-electron chi connectivity index (χ1n) is 11.5. The number of hydrogen-bond acceptors (Lipinski definition) is 3. The average molecular weight is 416 g/mol. The highest BCUT2D eigenvalue weighted by Crippen LogP contribution is 2.28. The van der Waals surface area contributed by atoms with Gasteiger partial charge in [-0.05, 0) is 53.5 Å². The molecule has 31 heavy (non-hydrogen) atoms. The summed E-state index contributed by atoms with van der Waals surface area (Å²) < 4.78 is 2.13. The van der Waals surface area contributed by atoms with Crippen LogP contribution in [0.15, 0.2) is 60.9 Å². The zero-order valence-electron chi connectivity index (χ0n) is 18.9. The number of ketones is 1. The fourth-order valence-corrected chi connectivity index (χ4v) is 4.33. The van der Waals surface area contributed by atoms with Crippen LogP contribution in [0.3, 0.4) is 0 Å². The van der Waals surface area contributed by atoms with Gasteiger partial charge in [-0.25, -0.2) is 0 Å². The third-order valence-corrected chi connectivity index (χ3v) is 6.47. The van der Waals surface area contributed by atoms with Crippen LogP contribution in [0, 0.1) is 5.92 Å². The molecule has 1 aliphatic heterocycles. The smallest absolute Gasteiger partial charge is 0.162 e. The highest BCUT2D eigenvalue weighted by molar-refractivity contribution is 5.96. The summed E-state index contributed by atoms with van der Waals surface area (Å²) in [5.41, 5.74) is 5.75. The molecule has 1 aliphatic rings. The molecule has 4 nitrogen and oxygen atoms in total. The van der Waals surface area contributed by atoms with Gasteiger partial charge in [-0.1, -0.05) is 57.2 Å². The van der Waals surface area contributed by atoms with Gasteiger partial charge in [-0.3, -0.25) is 9.48 Å². The molecule has 0 atom stereocenters. The van der Waals surface area contributed by atoms with Crippen LogP contribution in [-0.4, -0.2) is 28.7 Å². The zero-order valence-corrected chi connectivity index (χ0v) is 18.9. The van der Waals surface area contributed by atoms with E-state index in [1.54, 1.807) is 0 Å². The second-order valence-electron chi connectivity index (χ2n) is 8.98. The summed E-state index contributed by atoms with van der Waals surface area (Å²) in [6.45, 7) is 9.54. The van der Waals surface area contributed by atoms with Crippen LogP contribution in [0.4, 0.5) is 5.69 Å². The van der Waals surface area contributed by atoms with Crippen LogP contribution in [0.2, 0.25) is 0 Å². The molecular formula is C27H33N3O. The van der Waals surface area contributed by atoms with Crippen molar-refractivity contribution in [2.24, 2.45) is 5.92 Å². The molecule has 2 aromatic carbocycles. The lowest BCUT2D eigenvalue weighted by Crippen LogP contribution is -2.35. The van der Waals surface area contributed by atoms with Crippen molar-refractivity contribution in [3.8, 4) is 11.1 Å². The van der Waals surface area contributed by atoms with Crippen molar-refractivity contribution in [1.82, 2.24) is 9.78 Å². The molecule has 0 radical (unpaired) electrons. The van der Waals surface area contributed by atoms with Crippen LogP contribution < -0.4 is 4.90 Å². The van der Waals surface area contributed by atoms with Gasteiger partial charge in [0.2, 0.25) is 0 Å². The van der Waals surface area contributed by atoms with E-state index in [4.69, 9.17) is 0 Å². The van der Waals surface area contributed by atoms with Gasteiger partial charge in [0, 0.05) is 43.5 Å². The Morgan fingerprint density at radius 1 is 1.00 bits per heavy atom. The van der Waals surface area contributed by atoms with Gasteiger partial charge in [0.15, 0.2) is 5.78 Å². The average Bonchev–Trinajstić information content (AvgIpc) is 3.28. The molecule has 0 amide bonds. The highest BCUT2D eigenvalue weighted by Gasteiger charge is 2.20. The molecule has 0 bridgehead atoms. The number of aromatic nitrogens is 2. The Labute approximate surface area is 185 Å². The standard InChI is InChI=1S/C27H33N3O/c1-4-27(31)24-7-5-22(6-8-24)23-9-11-26(12-10-23)29-15-13-21(14-16-29)18-30-19-25(17-28-30)20(2)3/h5-12,17,19-21H,4,13-16,18H2,1-3H3. The summed E-state index contributed by atoms with van der Waals surface area (Å²) in [4.78, 5) is 14.3. The molecule has 0 N–H and O–H groups in total. The molecule has 0 aliphatic carbocycles. The van der Waals surface area contributed by atoms with Crippen molar-refractivity contribution in [1.29, 1.82) is 0 Å². The van der Waals surface area contributed by atoms with E-state index in [0.717, 1.165) is 30.8 Å². The van der Waals surface area contributed by atoms with Gasteiger partial charge in [0.25, 0.3) is 0 Å². The monoisotopic (exact) mass is 415 g/mol. The fraction of sp³-hybridized carbons (Fsp3) is 0.407. The summed E-state index contributed by atoms with van der Waals surface area (Å²) in [7, 11) is 0. The molecule has 1 aromatic heterocycles. The number of carbonyl (C=O) groups is 1. The Kier molecular flexibility index (Phi) is 6.55. The maximum Gasteiger partial charge on any atom is 0.162 e. The van der Waals surface area contributed by atoms with Crippen molar-refractivity contribution in [3.05, 3.63) is 72.1 Å². The number of carbonyl (C=O) groups excluding carboxylic acids is 1. The van der Waals surface area contributed by atoms with Crippen molar-refractivity contribution in [3.63, 3.8) is 0 Å². The summed E-state index contributed by atoms with van der Waals surface area (Å²) in [5.74, 6) is 1.42. The molecule has 1 fully saturated rings. The Hall–Kier alpha value is -2.88. The first kappa shape index (κ1) is 21.4. The molecule has 4 heteroatoms. The summed E-state index contributed by atoms with van der Waals surface area (Å²) in [5, 5.41) is 4.55. The number of anilines is 1. The van der Waals surface area contributed by atoms with Gasteiger partial charge >= 0.3 is 0 Å². The van der Waals surface area contributed by atoms with E-state index in [0.29, 0.717) is 18.3 Å². The van der Waals surface area contributed by atoms with Crippen LogP contribution in [-0.2, 0) is 6.54 Å². The van der Waals surface area contributed by atoms with Gasteiger partial charge in [0.05, 0.1) is 6.20 Å². The molecule has 4 rings (SSSR count). The summed E-state index contributed by atoms with van der Waals surface area (Å²) in [6, 6.07) is 16.8. The van der Waals surface area contributed by atoms with Gasteiger partial charge in [-0.15, -0.1) is 0 Å². The molecule has 0 saturated carbocycles. The normalized spacial score (nSPS) is 14.9. The van der Waals surface area contributed by atoms with Gasteiger partial charge < -0.3 is 4.90 Å².